The summed E-state index contributed by atoms with van der Waals surface area (Å²) in [6.45, 7) is 3.54. The van der Waals surface area contributed by atoms with Gasteiger partial charge in [0, 0.05) is 23.9 Å². The van der Waals surface area contributed by atoms with E-state index in [9.17, 15) is 13.6 Å². The molecule has 0 saturated heterocycles. The number of nitrogens with one attached hydrogen (secondary N) is 2. The molecule has 110 valence electrons. The van der Waals surface area contributed by atoms with Gasteiger partial charge in [-0.2, -0.15) is 0 Å². The minimum Gasteiger partial charge on any atom is -0.322 e. The van der Waals surface area contributed by atoms with Gasteiger partial charge in [0.15, 0.2) is 0 Å². The molecule has 21 heavy (non-hydrogen) atoms. The Morgan fingerprint density at radius 2 is 1.81 bits per heavy atom. The van der Waals surface area contributed by atoms with E-state index < -0.39 is 17.5 Å². The smallest absolute Gasteiger partial charge is 0.255 e. The molecule has 0 saturated carbocycles. The maximum Gasteiger partial charge on any atom is 0.255 e. The minimum absolute atomic E-state index is 0.0513. The van der Waals surface area contributed by atoms with E-state index in [1.807, 2.05) is 25.1 Å². The molecule has 2 aromatic rings. The van der Waals surface area contributed by atoms with Crippen molar-refractivity contribution < 1.29 is 13.6 Å². The Balaban J connectivity index is 2.11. The Kier molecular flexibility index (Phi) is 5.00. The molecule has 1 amide bonds. The molecule has 0 heterocycles. The first kappa shape index (κ1) is 15.1. The first-order chi connectivity index (χ1) is 10.1. The van der Waals surface area contributed by atoms with E-state index in [1.54, 1.807) is 6.07 Å². The third kappa shape index (κ3) is 4.36. The van der Waals surface area contributed by atoms with Crippen molar-refractivity contribution in [2.45, 2.75) is 13.5 Å². The van der Waals surface area contributed by atoms with E-state index in [0.717, 1.165) is 30.3 Å². The van der Waals surface area contributed by atoms with Gasteiger partial charge < -0.3 is 10.6 Å². The Morgan fingerprint density at radius 1 is 1.10 bits per heavy atom. The Hall–Kier alpha value is -2.27. The van der Waals surface area contributed by atoms with E-state index in [4.69, 9.17) is 0 Å². The van der Waals surface area contributed by atoms with Crippen LogP contribution >= 0.6 is 0 Å². The number of carbonyl (C=O) groups excluding carboxylic acids is 1. The molecule has 5 heteroatoms. The summed E-state index contributed by atoms with van der Waals surface area (Å²) in [7, 11) is 0. The summed E-state index contributed by atoms with van der Waals surface area (Å²) in [5.74, 6) is -2.10. The molecule has 0 fully saturated rings. The lowest BCUT2D eigenvalue weighted by Gasteiger charge is -2.08. The fourth-order valence-electron chi connectivity index (χ4n) is 1.92. The van der Waals surface area contributed by atoms with Crippen molar-refractivity contribution in [3.05, 3.63) is 65.2 Å². The average molecular weight is 290 g/mol. The normalized spacial score (nSPS) is 10.4. The molecule has 0 unspecified atom stereocenters. The monoisotopic (exact) mass is 290 g/mol. The van der Waals surface area contributed by atoms with Crippen LogP contribution in [0.15, 0.2) is 42.5 Å². The van der Waals surface area contributed by atoms with Gasteiger partial charge in [0.05, 0.1) is 0 Å². The molecule has 0 aliphatic heterocycles. The van der Waals surface area contributed by atoms with Gasteiger partial charge in [-0.25, -0.2) is 8.78 Å². The zero-order valence-corrected chi connectivity index (χ0v) is 11.6. The van der Waals surface area contributed by atoms with Crippen molar-refractivity contribution in [2.24, 2.45) is 0 Å². The highest BCUT2D eigenvalue weighted by Gasteiger charge is 2.09. The molecule has 0 aliphatic carbocycles. The molecular formula is C16H16F2N2O. The van der Waals surface area contributed by atoms with Crippen LogP contribution in [0.3, 0.4) is 0 Å². The molecule has 0 radical (unpaired) electrons. The number of hydrogen-bond acceptors (Lipinski definition) is 2. The van der Waals surface area contributed by atoms with Crippen molar-refractivity contribution in [1.29, 1.82) is 0 Å². The van der Waals surface area contributed by atoms with Crippen LogP contribution in [-0.4, -0.2) is 12.5 Å². The summed E-state index contributed by atoms with van der Waals surface area (Å²) in [6, 6.07) is 10.0. The fourth-order valence-corrected chi connectivity index (χ4v) is 1.92. The molecule has 2 N–H and O–H groups in total. The second kappa shape index (κ2) is 6.95. The lowest BCUT2D eigenvalue weighted by atomic mass is 10.1. The van der Waals surface area contributed by atoms with Crippen molar-refractivity contribution in [1.82, 2.24) is 5.32 Å². The Morgan fingerprint density at radius 3 is 2.48 bits per heavy atom. The van der Waals surface area contributed by atoms with Crippen molar-refractivity contribution >= 4 is 11.6 Å². The van der Waals surface area contributed by atoms with Crippen LogP contribution < -0.4 is 10.6 Å². The lowest BCUT2D eigenvalue weighted by Crippen LogP contribution is -2.14. The van der Waals surface area contributed by atoms with E-state index in [-0.39, 0.29) is 5.56 Å². The highest BCUT2D eigenvalue weighted by atomic mass is 19.1. The zero-order chi connectivity index (χ0) is 15.2. The Bertz CT molecular complexity index is 624. The van der Waals surface area contributed by atoms with E-state index in [1.165, 1.54) is 0 Å². The van der Waals surface area contributed by atoms with Crippen molar-refractivity contribution in [3.8, 4) is 0 Å². The van der Waals surface area contributed by atoms with Crippen LogP contribution in [0.25, 0.3) is 0 Å². The number of amides is 1. The zero-order valence-electron chi connectivity index (χ0n) is 11.6. The number of anilines is 1. The minimum atomic E-state index is -0.777. The number of carbonyl (C=O) groups is 1. The van der Waals surface area contributed by atoms with Crippen LogP contribution in [0.5, 0.6) is 0 Å². The summed E-state index contributed by atoms with van der Waals surface area (Å²) in [5.41, 5.74) is 1.55. The van der Waals surface area contributed by atoms with Gasteiger partial charge in [0.1, 0.15) is 11.6 Å². The molecular weight excluding hydrogens is 274 g/mol. The number of hydrogen-bond donors (Lipinski definition) is 2. The second-order valence-electron chi connectivity index (χ2n) is 4.59. The van der Waals surface area contributed by atoms with Crippen LogP contribution in [0, 0.1) is 11.6 Å². The van der Waals surface area contributed by atoms with Gasteiger partial charge in [-0.15, -0.1) is 0 Å². The topological polar surface area (TPSA) is 41.1 Å². The molecule has 0 spiro atoms. The van der Waals surface area contributed by atoms with E-state index in [0.29, 0.717) is 12.2 Å². The maximum absolute atomic E-state index is 13.1. The predicted octanol–water partition coefficient (Wildman–Crippen LogP) is 3.33. The highest BCUT2D eigenvalue weighted by Crippen LogP contribution is 2.14. The SMILES string of the molecule is CCNCc1cccc(NC(=O)c2cc(F)cc(F)c2)c1. The van der Waals surface area contributed by atoms with Crippen LogP contribution in [0.1, 0.15) is 22.8 Å². The van der Waals surface area contributed by atoms with Gasteiger partial charge in [-0.05, 0) is 36.4 Å². The molecule has 0 aromatic heterocycles. The third-order valence-corrected chi connectivity index (χ3v) is 2.89. The van der Waals surface area contributed by atoms with Gasteiger partial charge >= 0.3 is 0 Å². The predicted molar refractivity (Wildman–Crippen MR) is 78.1 cm³/mol. The van der Waals surface area contributed by atoms with Crippen molar-refractivity contribution in [2.75, 3.05) is 11.9 Å². The standard InChI is InChI=1S/C16H16F2N2O/c1-2-19-10-11-4-3-5-15(6-11)20-16(21)12-7-13(17)9-14(18)8-12/h3-9,19H,2,10H2,1H3,(H,20,21). The van der Waals surface area contributed by atoms with E-state index >= 15 is 0 Å². The molecule has 0 atom stereocenters. The van der Waals surface area contributed by atoms with Crippen LogP contribution in [0.4, 0.5) is 14.5 Å². The van der Waals surface area contributed by atoms with Crippen molar-refractivity contribution in [3.63, 3.8) is 0 Å². The first-order valence-corrected chi connectivity index (χ1v) is 6.65. The lowest BCUT2D eigenvalue weighted by molar-refractivity contribution is 0.102. The molecule has 0 bridgehead atoms. The number of benzene rings is 2. The van der Waals surface area contributed by atoms with Crippen LogP contribution in [0.2, 0.25) is 0 Å². The van der Waals surface area contributed by atoms with Crippen LogP contribution in [-0.2, 0) is 6.54 Å². The maximum atomic E-state index is 13.1. The van der Waals surface area contributed by atoms with Gasteiger partial charge in [0.2, 0.25) is 0 Å². The molecule has 0 aliphatic rings. The highest BCUT2D eigenvalue weighted by molar-refractivity contribution is 6.04. The fraction of sp³-hybridized carbons (Fsp3) is 0.188. The van der Waals surface area contributed by atoms with Gasteiger partial charge in [0.25, 0.3) is 5.91 Å². The summed E-state index contributed by atoms with van der Waals surface area (Å²) in [6.07, 6.45) is 0. The average Bonchev–Trinajstić information content (AvgIpc) is 2.44. The summed E-state index contributed by atoms with van der Waals surface area (Å²) >= 11 is 0. The quantitative estimate of drug-likeness (QED) is 0.887. The molecule has 2 rings (SSSR count). The summed E-state index contributed by atoms with van der Waals surface area (Å²) in [4.78, 5) is 12.0. The third-order valence-electron chi connectivity index (χ3n) is 2.89. The van der Waals surface area contributed by atoms with Gasteiger partial charge in [-0.3, -0.25) is 4.79 Å². The first-order valence-electron chi connectivity index (χ1n) is 6.65. The second-order valence-corrected chi connectivity index (χ2v) is 4.59. The summed E-state index contributed by atoms with van der Waals surface area (Å²) in [5, 5.41) is 5.81. The number of halogens is 2. The van der Waals surface area contributed by atoms with E-state index in [2.05, 4.69) is 10.6 Å². The molecule has 2 aromatic carbocycles. The largest absolute Gasteiger partial charge is 0.322 e. The number of rotatable bonds is 5. The summed E-state index contributed by atoms with van der Waals surface area (Å²) < 4.78 is 26.2. The Labute approximate surface area is 122 Å². The van der Waals surface area contributed by atoms with Gasteiger partial charge in [-0.1, -0.05) is 19.1 Å². The molecule has 3 nitrogen and oxygen atoms in total.